The Labute approximate surface area is 169 Å². The van der Waals surface area contributed by atoms with Gasteiger partial charge in [0.25, 0.3) is 0 Å². The van der Waals surface area contributed by atoms with Crippen LogP contribution in [-0.2, 0) is 11.0 Å². The highest BCUT2D eigenvalue weighted by atomic mass is 19.4. The first-order valence-corrected chi connectivity index (χ1v) is 9.91. The number of benzene rings is 1. The van der Waals surface area contributed by atoms with Crippen molar-refractivity contribution in [2.24, 2.45) is 5.92 Å². The van der Waals surface area contributed by atoms with Crippen LogP contribution in [0.25, 0.3) is 0 Å². The summed E-state index contributed by atoms with van der Waals surface area (Å²) in [6.45, 7) is 9.54. The molecule has 1 aliphatic heterocycles. The number of urea groups is 1. The van der Waals surface area contributed by atoms with Gasteiger partial charge in [-0.2, -0.15) is 13.2 Å². The van der Waals surface area contributed by atoms with Crippen molar-refractivity contribution in [2.45, 2.75) is 39.4 Å². The predicted molar refractivity (Wildman–Crippen MR) is 106 cm³/mol. The Kier molecular flexibility index (Phi) is 7.89. The van der Waals surface area contributed by atoms with Crippen molar-refractivity contribution >= 4 is 17.6 Å². The Morgan fingerprint density at radius 3 is 2.34 bits per heavy atom. The summed E-state index contributed by atoms with van der Waals surface area (Å²) in [7, 11) is 0. The topological polar surface area (TPSA) is 64.7 Å². The van der Waals surface area contributed by atoms with Gasteiger partial charge in [-0.15, -0.1) is 0 Å². The molecule has 0 aromatic heterocycles. The van der Waals surface area contributed by atoms with Crippen LogP contribution in [0.1, 0.15) is 32.8 Å². The average molecular weight is 414 g/mol. The lowest BCUT2D eigenvalue weighted by Gasteiger charge is -2.37. The number of carbonyl (C=O) groups is 2. The molecule has 1 heterocycles. The summed E-state index contributed by atoms with van der Waals surface area (Å²) in [6.07, 6.45) is -3.82. The number of piperazine rings is 1. The highest BCUT2D eigenvalue weighted by Crippen LogP contribution is 2.30. The molecular formula is C20H29F3N4O2. The fraction of sp³-hybridized carbons (Fsp3) is 0.600. The highest BCUT2D eigenvalue weighted by molar-refractivity contribution is 5.94. The van der Waals surface area contributed by atoms with Crippen molar-refractivity contribution in [1.29, 1.82) is 0 Å². The van der Waals surface area contributed by atoms with E-state index in [0.29, 0.717) is 19.5 Å². The number of nitrogens with one attached hydrogen (secondary N) is 2. The minimum atomic E-state index is -4.50. The van der Waals surface area contributed by atoms with Crippen LogP contribution < -0.4 is 10.6 Å². The third kappa shape index (κ3) is 6.35. The first kappa shape index (κ1) is 23.0. The van der Waals surface area contributed by atoms with Gasteiger partial charge in [0.15, 0.2) is 0 Å². The molecule has 162 valence electrons. The zero-order valence-electron chi connectivity index (χ0n) is 17.1. The van der Waals surface area contributed by atoms with Crippen LogP contribution in [0.5, 0.6) is 0 Å². The molecule has 2 unspecified atom stereocenters. The molecule has 3 amide bonds. The summed E-state index contributed by atoms with van der Waals surface area (Å²) in [5.41, 5.74) is -0.831. The van der Waals surface area contributed by atoms with E-state index in [1.165, 1.54) is 12.1 Å². The fourth-order valence-electron chi connectivity index (χ4n) is 3.25. The Morgan fingerprint density at radius 1 is 1.14 bits per heavy atom. The molecule has 1 aromatic rings. The Bertz CT molecular complexity index is 703. The molecule has 29 heavy (non-hydrogen) atoms. The first-order valence-electron chi connectivity index (χ1n) is 9.91. The van der Waals surface area contributed by atoms with Crippen molar-refractivity contribution in [3.63, 3.8) is 0 Å². The van der Waals surface area contributed by atoms with Crippen LogP contribution in [0.2, 0.25) is 0 Å². The van der Waals surface area contributed by atoms with Gasteiger partial charge in [-0.1, -0.05) is 33.3 Å². The second kappa shape index (κ2) is 9.96. The average Bonchev–Trinajstić information content (AvgIpc) is 2.70. The van der Waals surface area contributed by atoms with Crippen LogP contribution in [0.4, 0.5) is 23.7 Å². The molecule has 0 saturated carbocycles. The second-order valence-corrected chi connectivity index (χ2v) is 7.30. The molecule has 1 aliphatic rings. The van der Waals surface area contributed by atoms with Crippen LogP contribution in [0.15, 0.2) is 24.3 Å². The van der Waals surface area contributed by atoms with Crippen LogP contribution in [0, 0.1) is 5.92 Å². The summed E-state index contributed by atoms with van der Waals surface area (Å²) in [4.78, 5) is 29.4. The van der Waals surface area contributed by atoms with Gasteiger partial charge in [-0.25, -0.2) is 4.79 Å². The Balaban J connectivity index is 2.04. The lowest BCUT2D eigenvalue weighted by Crippen LogP contribution is -2.57. The summed E-state index contributed by atoms with van der Waals surface area (Å²) in [5.74, 6) is -0.270. The van der Waals surface area contributed by atoms with Gasteiger partial charge in [0.1, 0.15) is 6.04 Å². The van der Waals surface area contributed by atoms with E-state index in [9.17, 15) is 22.8 Å². The Morgan fingerprint density at radius 2 is 1.79 bits per heavy atom. The number of amides is 3. The van der Waals surface area contributed by atoms with Crippen molar-refractivity contribution in [3.05, 3.63) is 29.8 Å². The maximum Gasteiger partial charge on any atom is 0.416 e. The lowest BCUT2D eigenvalue weighted by atomic mass is 9.97. The van der Waals surface area contributed by atoms with E-state index < -0.39 is 23.8 Å². The number of hydrogen-bond donors (Lipinski definition) is 2. The van der Waals surface area contributed by atoms with Crippen molar-refractivity contribution in [2.75, 3.05) is 38.0 Å². The van der Waals surface area contributed by atoms with E-state index in [1.54, 1.807) is 4.90 Å². The second-order valence-electron chi connectivity index (χ2n) is 7.30. The van der Waals surface area contributed by atoms with Crippen LogP contribution >= 0.6 is 0 Å². The van der Waals surface area contributed by atoms with Gasteiger partial charge < -0.3 is 20.4 Å². The van der Waals surface area contributed by atoms with Crippen molar-refractivity contribution in [3.8, 4) is 0 Å². The normalized spacial score (nSPS) is 17.5. The minimum Gasteiger partial charge on any atom is -0.338 e. The SMILES string of the molecule is CCC(C)C(NC(=O)Nc1cccc(C(F)(F)F)c1)C(=O)N1CCN(CC)CC1. The predicted octanol–water partition coefficient (Wildman–Crippen LogP) is 3.41. The molecule has 1 saturated heterocycles. The number of halogens is 3. The number of anilines is 1. The summed E-state index contributed by atoms with van der Waals surface area (Å²) >= 11 is 0. The molecule has 0 spiro atoms. The standard InChI is InChI=1S/C20H29F3N4O2/c1-4-14(3)17(18(28)27-11-9-26(5-2)10-12-27)25-19(29)24-16-8-6-7-15(13-16)20(21,22)23/h6-8,13-14,17H,4-5,9-12H2,1-3H3,(H2,24,25,29). The number of hydrogen-bond acceptors (Lipinski definition) is 3. The highest BCUT2D eigenvalue weighted by Gasteiger charge is 2.32. The number of alkyl halides is 3. The summed E-state index contributed by atoms with van der Waals surface area (Å²) < 4.78 is 38.6. The van der Waals surface area contributed by atoms with E-state index in [2.05, 4.69) is 22.5 Å². The van der Waals surface area contributed by atoms with Gasteiger partial charge in [-0.05, 0) is 30.7 Å². The smallest absolute Gasteiger partial charge is 0.338 e. The molecular weight excluding hydrogens is 385 g/mol. The van der Waals surface area contributed by atoms with Gasteiger partial charge in [0.2, 0.25) is 5.91 Å². The minimum absolute atomic E-state index is 0.0178. The largest absolute Gasteiger partial charge is 0.416 e. The Hall–Kier alpha value is -2.29. The van der Waals surface area contributed by atoms with Crippen molar-refractivity contribution in [1.82, 2.24) is 15.1 Å². The van der Waals surface area contributed by atoms with E-state index >= 15 is 0 Å². The first-order chi connectivity index (χ1) is 13.7. The summed E-state index contributed by atoms with van der Waals surface area (Å²) in [6, 6.07) is 2.96. The number of nitrogens with zero attached hydrogens (tertiary/aromatic N) is 2. The van der Waals surface area contributed by atoms with E-state index in [1.807, 2.05) is 13.8 Å². The van der Waals surface area contributed by atoms with E-state index in [-0.39, 0.29) is 17.5 Å². The number of likely N-dealkylation sites (N-methyl/N-ethyl adjacent to an activating group) is 1. The molecule has 1 fully saturated rings. The molecule has 1 aromatic carbocycles. The maximum absolute atomic E-state index is 13.0. The maximum atomic E-state index is 13.0. The quantitative estimate of drug-likeness (QED) is 0.750. The lowest BCUT2D eigenvalue weighted by molar-refractivity contribution is -0.137. The molecule has 2 atom stereocenters. The molecule has 0 bridgehead atoms. The van der Waals surface area contributed by atoms with Gasteiger partial charge >= 0.3 is 12.2 Å². The molecule has 0 radical (unpaired) electrons. The number of carbonyl (C=O) groups excluding carboxylic acids is 2. The van der Waals surface area contributed by atoms with E-state index in [0.717, 1.165) is 31.8 Å². The van der Waals surface area contributed by atoms with E-state index in [4.69, 9.17) is 0 Å². The van der Waals surface area contributed by atoms with Gasteiger partial charge in [0, 0.05) is 31.9 Å². The van der Waals surface area contributed by atoms with Gasteiger partial charge in [0.05, 0.1) is 5.56 Å². The van der Waals surface area contributed by atoms with Gasteiger partial charge in [-0.3, -0.25) is 4.79 Å². The van der Waals surface area contributed by atoms with Crippen LogP contribution in [0.3, 0.4) is 0 Å². The van der Waals surface area contributed by atoms with Crippen molar-refractivity contribution < 1.29 is 22.8 Å². The molecule has 9 heteroatoms. The zero-order chi connectivity index (χ0) is 21.6. The third-order valence-electron chi connectivity index (χ3n) is 5.34. The fourth-order valence-corrected chi connectivity index (χ4v) is 3.25. The number of rotatable bonds is 6. The zero-order valence-corrected chi connectivity index (χ0v) is 17.1. The van der Waals surface area contributed by atoms with Crippen LogP contribution in [-0.4, -0.2) is 60.5 Å². The third-order valence-corrected chi connectivity index (χ3v) is 5.34. The summed E-state index contributed by atoms with van der Waals surface area (Å²) in [5, 5.41) is 5.07. The molecule has 6 nitrogen and oxygen atoms in total. The molecule has 2 rings (SSSR count). The monoisotopic (exact) mass is 414 g/mol. The molecule has 0 aliphatic carbocycles. The molecule has 2 N–H and O–H groups in total.